The molecule has 5 nitrogen and oxygen atoms in total. The molecular weight excluding hydrogens is 345 g/mol. The van der Waals surface area contributed by atoms with E-state index in [4.69, 9.17) is 10.5 Å². The van der Waals surface area contributed by atoms with Crippen LogP contribution >= 0.6 is 0 Å². The van der Waals surface area contributed by atoms with Gasteiger partial charge < -0.3 is 10.5 Å². The Kier molecular flexibility index (Phi) is 4.30. The van der Waals surface area contributed by atoms with E-state index in [0.717, 1.165) is 12.1 Å². The lowest BCUT2D eigenvalue weighted by atomic mass is 10.0. The third-order valence-corrected chi connectivity index (χ3v) is 3.81. The molecule has 0 unspecified atom stereocenters. The molecule has 0 aliphatic carbocycles. The van der Waals surface area contributed by atoms with Gasteiger partial charge in [0, 0.05) is 5.56 Å². The highest BCUT2D eigenvalue weighted by Gasteiger charge is 2.31. The van der Waals surface area contributed by atoms with E-state index >= 15 is 0 Å². The summed E-state index contributed by atoms with van der Waals surface area (Å²) < 4.78 is 45.3. The number of ether oxygens (including phenoxy) is 1. The van der Waals surface area contributed by atoms with E-state index in [2.05, 4.69) is 5.10 Å². The first-order chi connectivity index (χ1) is 12.3. The fraction of sp³-hybridized carbons (Fsp3) is 0.111. The van der Waals surface area contributed by atoms with Crippen LogP contribution in [0.3, 0.4) is 0 Å². The zero-order chi connectivity index (χ0) is 18.9. The van der Waals surface area contributed by atoms with Crippen LogP contribution < -0.4 is 10.5 Å². The number of nitrogens with two attached hydrogens (primary N) is 1. The summed E-state index contributed by atoms with van der Waals surface area (Å²) in [6, 6.07) is 13.3. The van der Waals surface area contributed by atoms with Crippen molar-refractivity contribution >= 4 is 5.82 Å². The molecule has 0 atom stereocenters. The lowest BCUT2D eigenvalue weighted by Gasteiger charge is -2.07. The van der Waals surface area contributed by atoms with Gasteiger partial charge in [-0.05, 0) is 36.4 Å². The average molecular weight is 358 g/mol. The van der Waals surface area contributed by atoms with Crippen LogP contribution in [0, 0.1) is 11.3 Å². The quantitative estimate of drug-likeness (QED) is 0.767. The van der Waals surface area contributed by atoms with Gasteiger partial charge in [0.05, 0.1) is 18.4 Å². The number of nitrogens with zero attached hydrogens (tertiary/aromatic N) is 3. The molecule has 0 radical (unpaired) electrons. The minimum absolute atomic E-state index is 0.0140. The molecule has 2 aromatic carbocycles. The standard InChI is InChI=1S/C18H13F3N4O/c1-26-14-7-5-13(6-8-14)25-17(23)15(10-22)16(24-25)11-3-2-4-12(9-11)18(19,20)21/h2-9H,23H2,1H3. The number of halogens is 3. The van der Waals surface area contributed by atoms with Gasteiger partial charge in [-0.15, -0.1) is 0 Å². The number of nitrogen functional groups attached to an aromatic ring is 1. The number of alkyl halides is 3. The van der Waals surface area contributed by atoms with Crippen LogP contribution in [-0.4, -0.2) is 16.9 Å². The summed E-state index contributed by atoms with van der Waals surface area (Å²) in [5.74, 6) is 0.670. The summed E-state index contributed by atoms with van der Waals surface area (Å²) in [5.41, 5.74) is 6.00. The lowest BCUT2D eigenvalue weighted by Crippen LogP contribution is -2.04. The Hall–Kier alpha value is -3.47. The van der Waals surface area contributed by atoms with Crippen LogP contribution in [-0.2, 0) is 6.18 Å². The fourth-order valence-corrected chi connectivity index (χ4v) is 2.51. The van der Waals surface area contributed by atoms with Crippen molar-refractivity contribution in [1.82, 2.24) is 9.78 Å². The van der Waals surface area contributed by atoms with Crippen LogP contribution in [0.15, 0.2) is 48.5 Å². The number of hydrogen-bond donors (Lipinski definition) is 1. The number of benzene rings is 2. The number of methoxy groups -OCH3 is 1. The zero-order valence-corrected chi connectivity index (χ0v) is 13.6. The van der Waals surface area contributed by atoms with Crippen LogP contribution in [0.4, 0.5) is 19.0 Å². The first-order valence-corrected chi connectivity index (χ1v) is 7.46. The van der Waals surface area contributed by atoms with E-state index in [1.807, 2.05) is 6.07 Å². The Morgan fingerprint density at radius 3 is 2.42 bits per heavy atom. The topological polar surface area (TPSA) is 76.9 Å². The predicted molar refractivity (Wildman–Crippen MR) is 89.7 cm³/mol. The van der Waals surface area contributed by atoms with E-state index in [1.54, 1.807) is 24.3 Å². The number of rotatable bonds is 3. The number of nitriles is 1. The Morgan fingerprint density at radius 2 is 1.85 bits per heavy atom. The molecule has 1 aromatic heterocycles. The van der Waals surface area contributed by atoms with Crippen molar-refractivity contribution < 1.29 is 17.9 Å². The second-order valence-electron chi connectivity index (χ2n) is 5.41. The maximum Gasteiger partial charge on any atom is 0.416 e. The fourth-order valence-electron chi connectivity index (χ4n) is 2.51. The Bertz CT molecular complexity index is 985. The van der Waals surface area contributed by atoms with E-state index in [-0.39, 0.29) is 22.6 Å². The Balaban J connectivity index is 2.13. The molecule has 0 amide bonds. The molecule has 0 aliphatic heterocycles. The Labute approximate surface area is 147 Å². The molecule has 26 heavy (non-hydrogen) atoms. The van der Waals surface area contributed by atoms with Crippen molar-refractivity contribution in [3.05, 3.63) is 59.7 Å². The van der Waals surface area contributed by atoms with Gasteiger partial charge in [0.15, 0.2) is 0 Å². The highest BCUT2D eigenvalue weighted by Crippen LogP contribution is 2.34. The normalized spacial score (nSPS) is 11.2. The minimum atomic E-state index is -4.49. The van der Waals surface area contributed by atoms with Gasteiger partial charge >= 0.3 is 6.18 Å². The van der Waals surface area contributed by atoms with Crippen LogP contribution in [0.25, 0.3) is 16.9 Å². The molecule has 1 heterocycles. The van der Waals surface area contributed by atoms with Crippen molar-refractivity contribution in [3.63, 3.8) is 0 Å². The van der Waals surface area contributed by atoms with Crippen molar-refractivity contribution in [1.29, 1.82) is 5.26 Å². The van der Waals surface area contributed by atoms with Gasteiger partial charge in [0.1, 0.15) is 28.9 Å². The van der Waals surface area contributed by atoms with Gasteiger partial charge in [0.2, 0.25) is 0 Å². The van der Waals surface area contributed by atoms with Crippen molar-refractivity contribution in [3.8, 4) is 28.8 Å². The zero-order valence-electron chi connectivity index (χ0n) is 13.6. The molecule has 0 fully saturated rings. The molecule has 0 aliphatic rings. The summed E-state index contributed by atoms with van der Waals surface area (Å²) in [7, 11) is 1.52. The van der Waals surface area contributed by atoms with Gasteiger partial charge in [-0.25, -0.2) is 4.68 Å². The molecule has 0 spiro atoms. The largest absolute Gasteiger partial charge is 0.497 e. The van der Waals surface area contributed by atoms with Crippen molar-refractivity contribution in [2.24, 2.45) is 0 Å². The van der Waals surface area contributed by atoms with E-state index < -0.39 is 11.7 Å². The summed E-state index contributed by atoms with van der Waals surface area (Å²) >= 11 is 0. The van der Waals surface area contributed by atoms with Gasteiger partial charge in [0.25, 0.3) is 0 Å². The molecule has 0 saturated heterocycles. The number of anilines is 1. The molecule has 0 saturated carbocycles. The van der Waals surface area contributed by atoms with Crippen LogP contribution in [0.2, 0.25) is 0 Å². The predicted octanol–water partition coefficient (Wildman–Crippen LogP) is 4.02. The van der Waals surface area contributed by atoms with Gasteiger partial charge in [-0.2, -0.15) is 23.5 Å². The molecule has 8 heteroatoms. The molecule has 2 N–H and O–H groups in total. The molecular formula is C18H13F3N4O. The first kappa shape index (κ1) is 17.4. The number of hydrogen-bond acceptors (Lipinski definition) is 4. The van der Waals surface area contributed by atoms with E-state index in [0.29, 0.717) is 11.4 Å². The highest BCUT2D eigenvalue weighted by atomic mass is 19.4. The lowest BCUT2D eigenvalue weighted by molar-refractivity contribution is -0.137. The highest BCUT2D eigenvalue weighted by molar-refractivity contribution is 5.74. The van der Waals surface area contributed by atoms with Crippen LogP contribution in [0.1, 0.15) is 11.1 Å². The SMILES string of the molecule is COc1ccc(-n2nc(-c3cccc(C(F)(F)F)c3)c(C#N)c2N)cc1. The summed E-state index contributed by atoms with van der Waals surface area (Å²) in [4.78, 5) is 0. The average Bonchev–Trinajstić information content (AvgIpc) is 2.97. The third-order valence-electron chi connectivity index (χ3n) is 3.81. The number of aromatic nitrogens is 2. The van der Waals surface area contributed by atoms with Crippen molar-refractivity contribution in [2.75, 3.05) is 12.8 Å². The maximum atomic E-state index is 13.0. The molecule has 132 valence electrons. The second kappa shape index (κ2) is 6.44. The Morgan fingerprint density at radius 1 is 1.15 bits per heavy atom. The van der Waals surface area contributed by atoms with Crippen LogP contribution in [0.5, 0.6) is 5.75 Å². The minimum Gasteiger partial charge on any atom is -0.497 e. The third kappa shape index (κ3) is 3.07. The summed E-state index contributed by atoms with van der Waals surface area (Å²) in [5, 5.41) is 13.7. The smallest absolute Gasteiger partial charge is 0.416 e. The first-order valence-electron chi connectivity index (χ1n) is 7.46. The monoisotopic (exact) mass is 358 g/mol. The van der Waals surface area contributed by atoms with Gasteiger partial charge in [-0.1, -0.05) is 12.1 Å². The molecule has 3 rings (SSSR count). The molecule has 0 bridgehead atoms. The van der Waals surface area contributed by atoms with E-state index in [9.17, 15) is 18.4 Å². The summed E-state index contributed by atoms with van der Waals surface area (Å²) in [6.07, 6.45) is -4.49. The molecule has 3 aromatic rings. The summed E-state index contributed by atoms with van der Waals surface area (Å²) in [6.45, 7) is 0. The second-order valence-corrected chi connectivity index (χ2v) is 5.41. The maximum absolute atomic E-state index is 13.0. The van der Waals surface area contributed by atoms with Gasteiger partial charge in [-0.3, -0.25) is 0 Å². The van der Waals surface area contributed by atoms with E-state index in [1.165, 1.54) is 23.9 Å². The van der Waals surface area contributed by atoms with Crippen molar-refractivity contribution in [2.45, 2.75) is 6.18 Å².